The van der Waals surface area contributed by atoms with Crippen molar-refractivity contribution >= 4 is 5.69 Å². The van der Waals surface area contributed by atoms with Gasteiger partial charge in [-0.1, -0.05) is 0 Å². The predicted molar refractivity (Wildman–Crippen MR) is 58.2 cm³/mol. The van der Waals surface area contributed by atoms with Crippen LogP contribution in [0, 0.1) is 11.3 Å². The fourth-order valence-corrected chi connectivity index (χ4v) is 1.19. The fraction of sp³-hybridized carbons (Fsp3) is 0.364. The molecule has 1 aromatic carbocycles. The summed E-state index contributed by atoms with van der Waals surface area (Å²) in [4.78, 5) is 0. The van der Waals surface area contributed by atoms with Crippen LogP contribution in [0.25, 0.3) is 0 Å². The fourth-order valence-electron chi connectivity index (χ4n) is 1.19. The summed E-state index contributed by atoms with van der Waals surface area (Å²) in [5.74, 6) is 1.42. The van der Waals surface area contributed by atoms with Gasteiger partial charge >= 0.3 is 0 Å². The molecule has 80 valence electrons. The highest BCUT2D eigenvalue weighted by Gasteiger charge is 2.07. The van der Waals surface area contributed by atoms with Gasteiger partial charge in [0, 0.05) is 6.07 Å². The molecule has 0 aliphatic rings. The van der Waals surface area contributed by atoms with E-state index in [0.717, 1.165) is 11.4 Å². The highest BCUT2D eigenvalue weighted by molar-refractivity contribution is 5.60. The van der Waals surface area contributed by atoms with E-state index in [2.05, 4.69) is 11.4 Å². The van der Waals surface area contributed by atoms with E-state index < -0.39 is 0 Å². The Labute approximate surface area is 89.4 Å². The van der Waals surface area contributed by atoms with Crippen molar-refractivity contribution in [1.82, 2.24) is 0 Å². The van der Waals surface area contributed by atoms with Gasteiger partial charge in [-0.05, 0) is 19.1 Å². The minimum absolute atomic E-state index is 0.272. The van der Waals surface area contributed by atoms with Crippen LogP contribution in [0.15, 0.2) is 18.2 Å². The molecule has 4 nitrogen and oxygen atoms in total. The Morgan fingerprint density at radius 3 is 2.60 bits per heavy atom. The quantitative estimate of drug-likeness (QED) is 0.818. The Balaban J connectivity index is 2.97. The predicted octanol–water partition coefficient (Wildman–Crippen LogP) is 2.03. The van der Waals surface area contributed by atoms with Gasteiger partial charge in [0.15, 0.2) is 0 Å². The molecule has 1 aromatic rings. The average Bonchev–Trinajstić information content (AvgIpc) is 2.28. The van der Waals surface area contributed by atoms with Gasteiger partial charge in [-0.2, -0.15) is 5.26 Å². The Bertz CT molecular complexity index is 371. The molecule has 0 radical (unpaired) electrons. The molecule has 0 amide bonds. The van der Waals surface area contributed by atoms with Crippen LogP contribution in [0.5, 0.6) is 11.5 Å². The number of methoxy groups -OCH3 is 2. The molecule has 1 atom stereocenters. The van der Waals surface area contributed by atoms with Crippen LogP contribution in [-0.2, 0) is 0 Å². The summed E-state index contributed by atoms with van der Waals surface area (Å²) in [6.45, 7) is 1.78. The summed E-state index contributed by atoms with van der Waals surface area (Å²) < 4.78 is 10.3. The zero-order valence-electron chi connectivity index (χ0n) is 9.07. The standard InChI is InChI=1S/C11H14N2O2/c1-8(7-12)13-10-6-9(14-2)4-5-11(10)15-3/h4-6,8,13H,1-3H3. The van der Waals surface area contributed by atoms with Crippen molar-refractivity contribution in [2.24, 2.45) is 0 Å². The Morgan fingerprint density at radius 2 is 2.07 bits per heavy atom. The summed E-state index contributed by atoms with van der Waals surface area (Å²) in [6.07, 6.45) is 0. The van der Waals surface area contributed by atoms with Gasteiger partial charge in [-0.15, -0.1) is 0 Å². The van der Waals surface area contributed by atoms with Crippen molar-refractivity contribution in [2.45, 2.75) is 13.0 Å². The van der Waals surface area contributed by atoms with Crippen LogP contribution in [0.3, 0.4) is 0 Å². The number of nitrogens with zero attached hydrogens (tertiary/aromatic N) is 1. The summed E-state index contributed by atoms with van der Waals surface area (Å²) in [6, 6.07) is 7.22. The molecule has 0 spiro atoms. The first kappa shape index (κ1) is 11.2. The minimum Gasteiger partial charge on any atom is -0.497 e. The first-order valence-electron chi connectivity index (χ1n) is 4.59. The lowest BCUT2D eigenvalue weighted by Gasteiger charge is -2.13. The van der Waals surface area contributed by atoms with E-state index in [1.807, 2.05) is 0 Å². The third-order valence-corrected chi connectivity index (χ3v) is 1.97. The highest BCUT2D eigenvalue weighted by atomic mass is 16.5. The van der Waals surface area contributed by atoms with Crippen LogP contribution in [0.1, 0.15) is 6.92 Å². The molecule has 4 heteroatoms. The third-order valence-electron chi connectivity index (χ3n) is 1.97. The lowest BCUT2D eigenvalue weighted by Crippen LogP contribution is -2.12. The maximum absolute atomic E-state index is 8.70. The van der Waals surface area contributed by atoms with Crippen molar-refractivity contribution in [3.8, 4) is 17.6 Å². The van der Waals surface area contributed by atoms with Gasteiger partial charge in [-0.25, -0.2) is 0 Å². The van der Waals surface area contributed by atoms with Crippen LogP contribution in [0.4, 0.5) is 5.69 Å². The second-order valence-corrected chi connectivity index (χ2v) is 3.06. The summed E-state index contributed by atoms with van der Waals surface area (Å²) in [7, 11) is 3.18. The van der Waals surface area contributed by atoms with E-state index in [4.69, 9.17) is 14.7 Å². The molecule has 0 aliphatic heterocycles. The topological polar surface area (TPSA) is 54.3 Å². The maximum Gasteiger partial charge on any atom is 0.142 e. The summed E-state index contributed by atoms with van der Waals surface area (Å²) >= 11 is 0. The normalized spacial score (nSPS) is 11.3. The zero-order chi connectivity index (χ0) is 11.3. The Kier molecular flexibility index (Phi) is 3.81. The molecule has 0 heterocycles. The number of rotatable bonds is 4. The largest absolute Gasteiger partial charge is 0.497 e. The van der Waals surface area contributed by atoms with Gasteiger partial charge < -0.3 is 14.8 Å². The molecule has 1 unspecified atom stereocenters. The number of hydrogen-bond donors (Lipinski definition) is 1. The van der Waals surface area contributed by atoms with Crippen molar-refractivity contribution in [3.63, 3.8) is 0 Å². The van der Waals surface area contributed by atoms with E-state index in [9.17, 15) is 0 Å². The van der Waals surface area contributed by atoms with Crippen molar-refractivity contribution in [2.75, 3.05) is 19.5 Å². The molecule has 0 saturated carbocycles. The van der Waals surface area contributed by atoms with E-state index in [-0.39, 0.29) is 6.04 Å². The molecule has 0 saturated heterocycles. The minimum atomic E-state index is -0.272. The number of ether oxygens (including phenoxy) is 2. The molecule has 1 N–H and O–H groups in total. The highest BCUT2D eigenvalue weighted by Crippen LogP contribution is 2.29. The first-order valence-corrected chi connectivity index (χ1v) is 4.59. The van der Waals surface area contributed by atoms with Gasteiger partial charge in [0.25, 0.3) is 0 Å². The van der Waals surface area contributed by atoms with Gasteiger partial charge in [0.05, 0.1) is 26.0 Å². The molecule has 1 rings (SSSR count). The van der Waals surface area contributed by atoms with Crippen LogP contribution < -0.4 is 14.8 Å². The summed E-state index contributed by atoms with van der Waals surface area (Å²) in [5, 5.41) is 11.7. The number of benzene rings is 1. The zero-order valence-corrected chi connectivity index (χ0v) is 9.07. The van der Waals surface area contributed by atoms with Crippen LogP contribution >= 0.6 is 0 Å². The van der Waals surface area contributed by atoms with E-state index >= 15 is 0 Å². The van der Waals surface area contributed by atoms with Crippen molar-refractivity contribution in [3.05, 3.63) is 18.2 Å². The lowest BCUT2D eigenvalue weighted by molar-refractivity contribution is 0.404. The second kappa shape index (κ2) is 5.11. The number of nitrogens with one attached hydrogen (secondary N) is 1. The van der Waals surface area contributed by atoms with Crippen molar-refractivity contribution < 1.29 is 9.47 Å². The molecule has 0 fully saturated rings. The molecular formula is C11H14N2O2. The molecule has 15 heavy (non-hydrogen) atoms. The van der Waals surface area contributed by atoms with Crippen LogP contribution in [-0.4, -0.2) is 20.3 Å². The Morgan fingerprint density at radius 1 is 1.33 bits per heavy atom. The third kappa shape index (κ3) is 2.78. The lowest BCUT2D eigenvalue weighted by atomic mass is 10.2. The van der Waals surface area contributed by atoms with Gasteiger partial charge in [-0.3, -0.25) is 0 Å². The van der Waals surface area contributed by atoms with Gasteiger partial charge in [0.2, 0.25) is 0 Å². The first-order chi connectivity index (χ1) is 7.21. The van der Waals surface area contributed by atoms with Gasteiger partial charge in [0.1, 0.15) is 17.5 Å². The average molecular weight is 206 g/mol. The monoisotopic (exact) mass is 206 g/mol. The molecule has 0 aliphatic carbocycles. The summed E-state index contributed by atoms with van der Waals surface area (Å²) in [5.41, 5.74) is 0.755. The number of hydrogen-bond acceptors (Lipinski definition) is 4. The number of anilines is 1. The second-order valence-electron chi connectivity index (χ2n) is 3.06. The molecular weight excluding hydrogens is 192 g/mol. The number of nitriles is 1. The molecule has 0 aromatic heterocycles. The maximum atomic E-state index is 8.70. The Hall–Kier alpha value is -1.89. The van der Waals surface area contributed by atoms with Crippen molar-refractivity contribution in [1.29, 1.82) is 5.26 Å². The van der Waals surface area contributed by atoms with E-state index in [1.54, 1.807) is 39.3 Å². The molecule has 0 bridgehead atoms. The SMILES string of the molecule is COc1ccc(OC)c(NC(C)C#N)c1. The van der Waals surface area contributed by atoms with Crippen LogP contribution in [0.2, 0.25) is 0 Å². The smallest absolute Gasteiger partial charge is 0.142 e. The van der Waals surface area contributed by atoms with E-state index in [0.29, 0.717) is 5.75 Å². The van der Waals surface area contributed by atoms with E-state index in [1.165, 1.54) is 0 Å².